The van der Waals surface area contributed by atoms with Crippen LogP contribution in [0.25, 0.3) is 10.4 Å². The maximum Gasteiger partial charge on any atom is 0.335 e. The van der Waals surface area contributed by atoms with Gasteiger partial charge in [-0.15, -0.1) is 23.1 Å². The predicted molar refractivity (Wildman–Crippen MR) is 122 cm³/mol. The van der Waals surface area contributed by atoms with E-state index in [1.807, 2.05) is 23.9 Å². The molecule has 4 rings (SSSR count). The average molecular weight is 462 g/mol. The molecule has 0 saturated carbocycles. The highest BCUT2D eigenvalue weighted by Crippen LogP contribution is 2.50. The number of hydrogen-bond donors (Lipinski definition) is 2. The third-order valence-electron chi connectivity index (χ3n) is 5.71. The summed E-state index contributed by atoms with van der Waals surface area (Å²) in [5.41, 5.74) is 3.88. The number of hydrogen-bond acceptors (Lipinski definition) is 6. The summed E-state index contributed by atoms with van der Waals surface area (Å²) in [5, 5.41) is 9.11. The molecule has 1 amide bonds. The van der Waals surface area contributed by atoms with Crippen LogP contribution in [0.3, 0.4) is 0 Å². The van der Waals surface area contributed by atoms with Gasteiger partial charge in [-0.1, -0.05) is 18.6 Å². The average Bonchev–Trinajstić information content (AvgIpc) is 3.30. The number of thioether (sulfide) groups is 1. The van der Waals surface area contributed by atoms with E-state index in [1.165, 1.54) is 4.88 Å². The molecule has 1 unspecified atom stereocenters. The minimum atomic E-state index is -0.928. The molecule has 2 N–H and O–H groups in total. The number of aromatic carboxylic acids is 1. The van der Waals surface area contributed by atoms with Crippen LogP contribution in [0.1, 0.15) is 60.2 Å². The Kier molecular flexibility index (Phi) is 7.32. The van der Waals surface area contributed by atoms with Gasteiger partial charge in [0.1, 0.15) is 0 Å². The maximum absolute atomic E-state index is 12.8. The third kappa shape index (κ3) is 5.49. The molecule has 166 valence electrons. The number of hydroxylamine groups is 1. The first kappa shape index (κ1) is 22.3. The Morgan fingerprint density at radius 3 is 2.65 bits per heavy atom. The minimum absolute atomic E-state index is 0.121. The van der Waals surface area contributed by atoms with E-state index in [4.69, 9.17) is 14.7 Å². The van der Waals surface area contributed by atoms with Gasteiger partial charge in [0.05, 0.1) is 10.3 Å². The number of carboxylic acid groups (broad SMARTS) is 1. The summed E-state index contributed by atoms with van der Waals surface area (Å²) in [6.45, 7) is 0.672. The molecule has 2 aliphatic rings. The van der Waals surface area contributed by atoms with Crippen molar-refractivity contribution in [2.75, 3.05) is 12.4 Å². The predicted octanol–water partition coefficient (Wildman–Crippen LogP) is 5.19. The number of amides is 1. The lowest BCUT2D eigenvalue weighted by molar-refractivity contribution is -0.200. The fraction of sp³-hybridized carbons (Fsp3) is 0.478. The van der Waals surface area contributed by atoms with Crippen molar-refractivity contribution in [3.63, 3.8) is 0 Å². The Balaban J connectivity index is 1.47. The highest BCUT2D eigenvalue weighted by molar-refractivity contribution is 8.00. The largest absolute Gasteiger partial charge is 0.478 e. The summed E-state index contributed by atoms with van der Waals surface area (Å²) in [6.07, 6.45) is 6.09. The van der Waals surface area contributed by atoms with Crippen LogP contribution >= 0.6 is 23.1 Å². The quantitative estimate of drug-likeness (QED) is 0.552. The molecule has 2 fully saturated rings. The number of thiophene rings is 1. The van der Waals surface area contributed by atoms with Crippen molar-refractivity contribution < 1.29 is 24.3 Å². The molecule has 2 atom stereocenters. The summed E-state index contributed by atoms with van der Waals surface area (Å²) < 4.78 is 5.27. The number of benzene rings is 1. The Labute approximate surface area is 190 Å². The fourth-order valence-electron chi connectivity index (χ4n) is 4.02. The molecule has 2 saturated heterocycles. The second-order valence-electron chi connectivity index (χ2n) is 7.96. The molecule has 1 aromatic carbocycles. The van der Waals surface area contributed by atoms with Gasteiger partial charge < -0.3 is 9.84 Å². The van der Waals surface area contributed by atoms with Crippen LogP contribution in [0.2, 0.25) is 0 Å². The van der Waals surface area contributed by atoms with Crippen LogP contribution in [0.15, 0.2) is 36.4 Å². The number of nitrogens with one attached hydrogen (secondary N) is 1. The van der Waals surface area contributed by atoms with Gasteiger partial charge in [-0.05, 0) is 61.3 Å². The second-order valence-corrected chi connectivity index (χ2v) is 10.5. The molecule has 2 aromatic rings. The summed E-state index contributed by atoms with van der Waals surface area (Å²) in [6, 6.07) is 11.1. The molecule has 6 nitrogen and oxygen atoms in total. The minimum Gasteiger partial charge on any atom is -0.478 e. The zero-order chi connectivity index (χ0) is 21.7. The molecule has 0 bridgehead atoms. The molecule has 8 heteroatoms. The van der Waals surface area contributed by atoms with E-state index in [-0.39, 0.29) is 22.5 Å². The highest BCUT2D eigenvalue weighted by atomic mass is 32.2. The summed E-state index contributed by atoms with van der Waals surface area (Å²) in [4.78, 5) is 31.6. The molecule has 31 heavy (non-hydrogen) atoms. The van der Waals surface area contributed by atoms with Gasteiger partial charge in [0.25, 0.3) is 0 Å². The monoisotopic (exact) mass is 461 g/mol. The van der Waals surface area contributed by atoms with Crippen molar-refractivity contribution in [3.8, 4) is 10.4 Å². The summed E-state index contributed by atoms with van der Waals surface area (Å²) in [5.74, 6) is -0.0207. The smallest absolute Gasteiger partial charge is 0.335 e. The van der Waals surface area contributed by atoms with Crippen LogP contribution in [0, 0.1) is 0 Å². The Morgan fingerprint density at radius 2 is 1.97 bits per heavy atom. The Bertz CT molecular complexity index is 899. The van der Waals surface area contributed by atoms with Gasteiger partial charge in [0, 0.05) is 29.2 Å². The molecule has 0 radical (unpaired) electrons. The molecule has 0 aliphatic carbocycles. The number of carbonyl (C=O) groups excluding carboxylic acids is 1. The second kappa shape index (κ2) is 10.2. The molecule has 1 aromatic heterocycles. The lowest BCUT2D eigenvalue weighted by atomic mass is 9.94. The van der Waals surface area contributed by atoms with Gasteiger partial charge in [-0.25, -0.2) is 15.1 Å². The van der Waals surface area contributed by atoms with Gasteiger partial charge >= 0.3 is 5.97 Å². The number of carbonyl (C=O) groups is 2. The summed E-state index contributed by atoms with van der Waals surface area (Å²) in [7, 11) is 0. The van der Waals surface area contributed by atoms with Crippen LogP contribution in [0.4, 0.5) is 0 Å². The zero-order valence-electron chi connectivity index (χ0n) is 17.3. The van der Waals surface area contributed by atoms with Crippen molar-refractivity contribution in [2.24, 2.45) is 0 Å². The van der Waals surface area contributed by atoms with Crippen molar-refractivity contribution >= 4 is 35.0 Å². The van der Waals surface area contributed by atoms with Gasteiger partial charge in [0.2, 0.25) is 5.91 Å². The third-order valence-corrected chi connectivity index (χ3v) is 8.79. The molecule has 0 spiro atoms. The topological polar surface area (TPSA) is 84.9 Å². The summed E-state index contributed by atoms with van der Waals surface area (Å²) >= 11 is 3.53. The van der Waals surface area contributed by atoms with Crippen molar-refractivity contribution in [1.82, 2.24) is 5.48 Å². The van der Waals surface area contributed by atoms with Crippen molar-refractivity contribution in [3.05, 3.63) is 46.8 Å². The fourth-order valence-corrected chi connectivity index (χ4v) is 6.92. The van der Waals surface area contributed by atoms with Gasteiger partial charge in [0.15, 0.2) is 6.29 Å². The highest BCUT2D eigenvalue weighted by Gasteiger charge is 2.38. The standard InChI is InChI=1S/C23H27NO5S2/c25-20(24-29-21-5-1-3-13-28-21)15-23(12-2-4-14-30-23)19-11-10-18(31-19)16-6-8-17(9-7-16)22(26)27/h6-11,21H,1-5,12-15H2,(H,24,25)(H,26,27)/t21?,23-/m0/s1. The first-order valence-corrected chi connectivity index (χ1v) is 12.5. The van der Waals surface area contributed by atoms with Crippen LogP contribution in [-0.4, -0.2) is 35.6 Å². The van der Waals surface area contributed by atoms with E-state index in [0.29, 0.717) is 13.0 Å². The first-order chi connectivity index (χ1) is 15.1. The molecule has 2 aliphatic heterocycles. The van der Waals surface area contributed by atoms with Crippen molar-refractivity contribution in [1.29, 1.82) is 0 Å². The Hall–Kier alpha value is -1.87. The molecule has 3 heterocycles. The van der Waals surface area contributed by atoms with Crippen molar-refractivity contribution in [2.45, 2.75) is 56.0 Å². The zero-order valence-corrected chi connectivity index (χ0v) is 18.9. The number of rotatable bonds is 7. The van der Waals surface area contributed by atoms with E-state index < -0.39 is 5.97 Å². The lowest BCUT2D eigenvalue weighted by Gasteiger charge is -2.35. The van der Waals surface area contributed by atoms with E-state index >= 15 is 0 Å². The normalized spacial score (nSPS) is 23.9. The Morgan fingerprint density at radius 1 is 1.13 bits per heavy atom. The van der Waals surface area contributed by atoms with E-state index in [1.54, 1.807) is 23.5 Å². The number of ether oxygens (including phenoxy) is 1. The van der Waals surface area contributed by atoms with Crippen LogP contribution < -0.4 is 5.48 Å². The lowest BCUT2D eigenvalue weighted by Crippen LogP contribution is -2.37. The molecular weight excluding hydrogens is 434 g/mol. The molecular formula is C23H27NO5S2. The maximum atomic E-state index is 12.8. The van der Waals surface area contributed by atoms with Gasteiger partial charge in [-0.2, -0.15) is 0 Å². The van der Waals surface area contributed by atoms with Gasteiger partial charge in [-0.3, -0.25) is 4.79 Å². The first-order valence-electron chi connectivity index (χ1n) is 10.7. The van der Waals surface area contributed by atoms with Crippen LogP contribution in [-0.2, 0) is 19.1 Å². The number of carboxylic acids is 1. The van der Waals surface area contributed by atoms with E-state index in [2.05, 4.69) is 17.6 Å². The SMILES string of the molecule is O=C(C[C@]1(c2ccc(-c3ccc(C(=O)O)cc3)s2)CCCCS1)NOC1CCCCO1. The van der Waals surface area contributed by atoms with E-state index in [0.717, 1.165) is 54.7 Å². The van der Waals surface area contributed by atoms with Crippen LogP contribution in [0.5, 0.6) is 0 Å². The van der Waals surface area contributed by atoms with E-state index in [9.17, 15) is 9.59 Å².